The number of amides is 1. The Balaban J connectivity index is 2.27. The Morgan fingerprint density at radius 2 is 1.90 bits per heavy atom. The zero-order valence-electron chi connectivity index (χ0n) is 11.7. The molecule has 1 amide bonds. The van der Waals surface area contributed by atoms with Crippen LogP contribution >= 0.6 is 0 Å². The molecule has 1 aromatic carbocycles. The van der Waals surface area contributed by atoms with Gasteiger partial charge < -0.3 is 0 Å². The van der Waals surface area contributed by atoms with Crippen molar-refractivity contribution >= 4 is 15.9 Å². The molecular formula is C13H19N3O3S. The number of nitrogens with one attached hydrogen (secondary N) is 1. The van der Waals surface area contributed by atoms with Gasteiger partial charge in [-0.1, -0.05) is 6.07 Å². The molecule has 0 saturated carbocycles. The maximum Gasteiger partial charge on any atom is 0.265 e. The lowest BCUT2D eigenvalue weighted by Gasteiger charge is -2.16. The smallest absolute Gasteiger partial charge is 0.265 e. The van der Waals surface area contributed by atoms with Crippen LogP contribution in [0.5, 0.6) is 0 Å². The lowest BCUT2D eigenvalue weighted by molar-refractivity contribution is 0.0856. The van der Waals surface area contributed by atoms with Crippen LogP contribution in [0.2, 0.25) is 0 Å². The predicted octanol–water partition coefficient (Wildman–Crippen LogP) is 0.677. The van der Waals surface area contributed by atoms with E-state index in [2.05, 4.69) is 5.43 Å². The summed E-state index contributed by atoms with van der Waals surface area (Å²) in [5, 5.41) is 1.52. The van der Waals surface area contributed by atoms with Gasteiger partial charge in [-0.2, -0.15) is 4.31 Å². The number of rotatable bonds is 4. The van der Waals surface area contributed by atoms with Crippen molar-refractivity contribution in [2.24, 2.45) is 0 Å². The van der Waals surface area contributed by atoms with E-state index in [1.807, 2.05) is 0 Å². The Labute approximate surface area is 119 Å². The summed E-state index contributed by atoms with van der Waals surface area (Å²) < 4.78 is 26.3. The lowest BCUT2D eigenvalue weighted by atomic mass is 10.2. The maximum absolute atomic E-state index is 12.4. The molecule has 1 heterocycles. The Bertz CT molecular complexity index is 593. The van der Waals surface area contributed by atoms with Crippen LogP contribution in [0.4, 0.5) is 0 Å². The van der Waals surface area contributed by atoms with Gasteiger partial charge in [-0.15, -0.1) is 0 Å². The minimum Gasteiger partial charge on any atom is -0.285 e. The molecule has 0 aromatic heterocycles. The minimum atomic E-state index is -3.48. The molecule has 20 heavy (non-hydrogen) atoms. The average Bonchev–Trinajstić information content (AvgIpc) is 2.92. The van der Waals surface area contributed by atoms with Crippen LogP contribution in [0, 0.1) is 0 Å². The van der Waals surface area contributed by atoms with E-state index in [1.165, 1.54) is 21.4 Å². The van der Waals surface area contributed by atoms with E-state index >= 15 is 0 Å². The van der Waals surface area contributed by atoms with Crippen LogP contribution in [0.15, 0.2) is 29.2 Å². The zero-order chi connectivity index (χ0) is 14.8. The van der Waals surface area contributed by atoms with Crippen molar-refractivity contribution in [3.63, 3.8) is 0 Å². The molecule has 2 rings (SSSR count). The molecule has 0 bridgehead atoms. The van der Waals surface area contributed by atoms with Gasteiger partial charge in [0.25, 0.3) is 5.91 Å². The van der Waals surface area contributed by atoms with Gasteiger partial charge in [0.15, 0.2) is 0 Å². The van der Waals surface area contributed by atoms with Gasteiger partial charge in [-0.3, -0.25) is 10.2 Å². The first-order valence-corrected chi connectivity index (χ1v) is 7.94. The number of nitrogens with zero attached hydrogens (tertiary/aromatic N) is 2. The minimum absolute atomic E-state index is 0.172. The largest absolute Gasteiger partial charge is 0.285 e. The topological polar surface area (TPSA) is 69.7 Å². The van der Waals surface area contributed by atoms with Crippen molar-refractivity contribution in [3.8, 4) is 0 Å². The van der Waals surface area contributed by atoms with E-state index in [0.717, 1.165) is 12.8 Å². The molecule has 1 aliphatic rings. The first-order valence-electron chi connectivity index (χ1n) is 6.50. The van der Waals surface area contributed by atoms with Crippen molar-refractivity contribution in [1.29, 1.82) is 0 Å². The molecule has 0 atom stereocenters. The highest BCUT2D eigenvalue weighted by Crippen LogP contribution is 2.21. The summed E-state index contributed by atoms with van der Waals surface area (Å²) in [5.41, 5.74) is 2.93. The Morgan fingerprint density at radius 1 is 1.25 bits per heavy atom. The monoisotopic (exact) mass is 297 g/mol. The second-order valence-corrected chi connectivity index (χ2v) is 6.91. The third kappa shape index (κ3) is 3.17. The summed E-state index contributed by atoms with van der Waals surface area (Å²) in [6, 6.07) is 6.14. The van der Waals surface area contributed by atoms with Gasteiger partial charge in [0.1, 0.15) is 0 Å². The number of benzene rings is 1. The van der Waals surface area contributed by atoms with Gasteiger partial charge in [0.2, 0.25) is 10.0 Å². The van der Waals surface area contributed by atoms with E-state index in [0.29, 0.717) is 18.7 Å². The molecule has 0 unspecified atom stereocenters. The third-order valence-corrected chi connectivity index (χ3v) is 5.02. The van der Waals surface area contributed by atoms with E-state index in [-0.39, 0.29) is 10.8 Å². The molecule has 1 aliphatic heterocycles. The fraction of sp³-hybridized carbons (Fsp3) is 0.462. The van der Waals surface area contributed by atoms with Gasteiger partial charge in [0.05, 0.1) is 4.90 Å². The summed E-state index contributed by atoms with van der Waals surface area (Å²) in [4.78, 5) is 12.1. The maximum atomic E-state index is 12.4. The van der Waals surface area contributed by atoms with E-state index in [9.17, 15) is 13.2 Å². The number of sulfonamides is 1. The second-order valence-electron chi connectivity index (χ2n) is 4.97. The first kappa shape index (κ1) is 15.0. The summed E-state index contributed by atoms with van der Waals surface area (Å²) >= 11 is 0. The summed E-state index contributed by atoms with van der Waals surface area (Å²) in [5.74, 6) is -0.325. The van der Waals surface area contributed by atoms with Gasteiger partial charge >= 0.3 is 0 Å². The van der Waals surface area contributed by atoms with Crippen molar-refractivity contribution in [3.05, 3.63) is 29.8 Å². The third-order valence-electron chi connectivity index (χ3n) is 3.12. The molecule has 7 heteroatoms. The SMILES string of the molecule is CN(C)NC(=O)c1cccc(S(=O)(=O)N2CCCC2)c1. The van der Waals surface area contributed by atoms with Crippen molar-refractivity contribution < 1.29 is 13.2 Å². The average molecular weight is 297 g/mol. The van der Waals surface area contributed by atoms with Gasteiger partial charge in [0, 0.05) is 32.7 Å². The molecule has 1 aromatic rings. The molecule has 0 aliphatic carbocycles. The highest BCUT2D eigenvalue weighted by atomic mass is 32.2. The highest BCUT2D eigenvalue weighted by molar-refractivity contribution is 7.89. The Kier molecular flexibility index (Phi) is 4.42. The summed E-state index contributed by atoms with van der Waals surface area (Å²) in [6.07, 6.45) is 1.78. The highest BCUT2D eigenvalue weighted by Gasteiger charge is 2.27. The number of carbonyl (C=O) groups is 1. The van der Waals surface area contributed by atoms with Crippen molar-refractivity contribution in [2.75, 3.05) is 27.2 Å². The zero-order valence-corrected chi connectivity index (χ0v) is 12.5. The van der Waals surface area contributed by atoms with Crippen molar-refractivity contribution in [1.82, 2.24) is 14.7 Å². The fourth-order valence-corrected chi connectivity index (χ4v) is 3.71. The summed E-state index contributed by atoms with van der Waals surface area (Å²) in [6.45, 7) is 1.10. The first-order chi connectivity index (χ1) is 9.41. The normalized spacial score (nSPS) is 16.6. The fourth-order valence-electron chi connectivity index (χ4n) is 2.14. The standard InChI is InChI=1S/C13H19N3O3S/c1-15(2)14-13(17)11-6-5-7-12(10-11)20(18,19)16-8-3-4-9-16/h5-7,10H,3-4,8-9H2,1-2H3,(H,14,17). The molecular weight excluding hydrogens is 278 g/mol. The molecule has 6 nitrogen and oxygen atoms in total. The molecule has 0 radical (unpaired) electrons. The molecule has 1 fully saturated rings. The van der Waals surface area contributed by atoms with Crippen LogP contribution < -0.4 is 5.43 Å². The predicted molar refractivity (Wildman–Crippen MR) is 75.6 cm³/mol. The number of hydrazine groups is 1. The van der Waals surface area contributed by atoms with E-state index < -0.39 is 10.0 Å². The van der Waals surface area contributed by atoms with E-state index in [1.54, 1.807) is 26.2 Å². The number of hydrogen-bond donors (Lipinski definition) is 1. The van der Waals surface area contributed by atoms with Crippen LogP contribution in [-0.2, 0) is 10.0 Å². The second kappa shape index (κ2) is 5.90. The van der Waals surface area contributed by atoms with Crippen LogP contribution in [0.1, 0.15) is 23.2 Å². The van der Waals surface area contributed by atoms with Gasteiger partial charge in [-0.25, -0.2) is 13.4 Å². The lowest BCUT2D eigenvalue weighted by Crippen LogP contribution is -2.36. The molecule has 1 saturated heterocycles. The molecule has 1 N–H and O–H groups in total. The Hall–Kier alpha value is -1.44. The van der Waals surface area contributed by atoms with E-state index in [4.69, 9.17) is 0 Å². The quantitative estimate of drug-likeness (QED) is 0.830. The van der Waals surface area contributed by atoms with Crippen LogP contribution in [0.25, 0.3) is 0 Å². The van der Waals surface area contributed by atoms with Crippen LogP contribution in [0.3, 0.4) is 0 Å². The molecule has 0 spiro atoms. The van der Waals surface area contributed by atoms with Crippen LogP contribution in [-0.4, -0.2) is 50.8 Å². The Morgan fingerprint density at radius 3 is 2.50 bits per heavy atom. The number of hydrogen-bond acceptors (Lipinski definition) is 4. The summed E-state index contributed by atoms with van der Waals surface area (Å²) in [7, 11) is -0.0892. The molecule has 110 valence electrons. The number of carbonyl (C=O) groups excluding carboxylic acids is 1. The van der Waals surface area contributed by atoms with Gasteiger partial charge in [-0.05, 0) is 31.0 Å². The van der Waals surface area contributed by atoms with Crippen molar-refractivity contribution in [2.45, 2.75) is 17.7 Å².